The average molecular weight is 309 g/mol. The lowest BCUT2D eigenvalue weighted by molar-refractivity contribution is -0.384. The van der Waals surface area contributed by atoms with Crippen molar-refractivity contribution < 1.29 is 23.1 Å². The van der Waals surface area contributed by atoms with Crippen molar-refractivity contribution in [1.82, 2.24) is 0 Å². The maximum atomic E-state index is 12.3. The number of non-ortho nitro benzene ring substituents is 1. The topological polar surface area (TPSA) is 87.9 Å². The first-order valence-electron chi connectivity index (χ1n) is 5.87. The lowest BCUT2D eigenvalue weighted by Gasteiger charge is -2.16. The number of para-hydroxylation sites is 1. The third-order valence-corrected chi connectivity index (χ3v) is 3.76. The van der Waals surface area contributed by atoms with Crippen molar-refractivity contribution in [3.8, 4) is 11.5 Å². The number of hydrogen-bond acceptors (Lipinski definition) is 6. The highest BCUT2D eigenvalue weighted by Crippen LogP contribution is 2.48. The molecule has 0 heterocycles. The predicted octanol–water partition coefficient (Wildman–Crippen LogP) is 3.81. The first kappa shape index (κ1) is 15.0. The summed E-state index contributed by atoms with van der Waals surface area (Å²) in [7, 11) is -2.66. The highest BCUT2D eigenvalue weighted by atomic mass is 31.2. The number of benzene rings is 2. The molecule has 0 N–H and O–H groups in total. The summed E-state index contributed by atoms with van der Waals surface area (Å²) in [6.45, 7) is 0. The summed E-state index contributed by atoms with van der Waals surface area (Å²) in [4.78, 5) is 10.0. The Balaban J connectivity index is 2.14. The van der Waals surface area contributed by atoms with Gasteiger partial charge in [0.2, 0.25) is 0 Å². The molecule has 0 aromatic heterocycles. The second-order valence-corrected chi connectivity index (χ2v) is 5.50. The third-order valence-electron chi connectivity index (χ3n) is 2.45. The fourth-order valence-electron chi connectivity index (χ4n) is 1.46. The summed E-state index contributed by atoms with van der Waals surface area (Å²) in [6, 6.07) is 13.5. The van der Waals surface area contributed by atoms with Gasteiger partial charge in [0.1, 0.15) is 11.5 Å². The largest absolute Gasteiger partial charge is 0.587 e. The van der Waals surface area contributed by atoms with Gasteiger partial charge in [0.15, 0.2) is 0 Å². The zero-order valence-electron chi connectivity index (χ0n) is 11.0. The van der Waals surface area contributed by atoms with Crippen molar-refractivity contribution >= 4 is 13.5 Å². The van der Waals surface area contributed by atoms with Gasteiger partial charge in [-0.05, 0) is 24.3 Å². The van der Waals surface area contributed by atoms with Gasteiger partial charge >= 0.3 is 7.82 Å². The van der Waals surface area contributed by atoms with E-state index in [0.29, 0.717) is 5.75 Å². The van der Waals surface area contributed by atoms with E-state index >= 15 is 0 Å². The van der Waals surface area contributed by atoms with Gasteiger partial charge in [-0.25, -0.2) is 4.57 Å². The Morgan fingerprint density at radius 3 is 1.95 bits per heavy atom. The van der Waals surface area contributed by atoms with Gasteiger partial charge in [-0.15, -0.1) is 0 Å². The molecule has 110 valence electrons. The van der Waals surface area contributed by atoms with Crippen molar-refractivity contribution in [3.05, 3.63) is 64.7 Å². The van der Waals surface area contributed by atoms with Gasteiger partial charge in [-0.2, -0.15) is 0 Å². The van der Waals surface area contributed by atoms with Crippen LogP contribution in [0.4, 0.5) is 5.69 Å². The van der Waals surface area contributed by atoms with Crippen molar-refractivity contribution in [3.63, 3.8) is 0 Å². The Labute approximate surface area is 120 Å². The molecule has 2 aromatic carbocycles. The van der Waals surface area contributed by atoms with Crippen LogP contribution in [0.25, 0.3) is 0 Å². The van der Waals surface area contributed by atoms with Crippen molar-refractivity contribution in [1.29, 1.82) is 0 Å². The van der Waals surface area contributed by atoms with Crippen LogP contribution in [0.2, 0.25) is 0 Å². The Morgan fingerprint density at radius 1 is 0.952 bits per heavy atom. The molecule has 1 atom stereocenters. The van der Waals surface area contributed by atoms with Crippen LogP contribution in [0.15, 0.2) is 54.6 Å². The van der Waals surface area contributed by atoms with Crippen LogP contribution in [-0.4, -0.2) is 12.0 Å². The molecular formula is C13H12NO6P. The second kappa shape index (κ2) is 6.39. The molecule has 0 bridgehead atoms. The molecule has 0 amide bonds. The SMILES string of the molecule is CO[P@](=O)(Oc1ccccc1)Oc1ccc([N+](=O)[O-])cc1. The summed E-state index contributed by atoms with van der Waals surface area (Å²) < 4.78 is 27.5. The molecule has 2 aromatic rings. The van der Waals surface area contributed by atoms with E-state index < -0.39 is 12.7 Å². The fraction of sp³-hybridized carbons (Fsp3) is 0.0769. The number of phosphoric acid groups is 1. The predicted molar refractivity (Wildman–Crippen MR) is 75.4 cm³/mol. The fourth-order valence-corrected chi connectivity index (χ4v) is 2.41. The van der Waals surface area contributed by atoms with Crippen LogP contribution < -0.4 is 9.05 Å². The smallest absolute Gasteiger partial charge is 0.395 e. The van der Waals surface area contributed by atoms with Crippen LogP contribution in [0, 0.1) is 10.1 Å². The van der Waals surface area contributed by atoms with Crippen molar-refractivity contribution in [2.45, 2.75) is 0 Å². The monoisotopic (exact) mass is 309 g/mol. The Bertz CT molecular complexity index is 658. The minimum absolute atomic E-state index is 0.0985. The van der Waals surface area contributed by atoms with E-state index in [9.17, 15) is 14.7 Å². The minimum atomic E-state index is -3.85. The molecule has 7 nitrogen and oxygen atoms in total. The number of rotatable bonds is 6. The van der Waals surface area contributed by atoms with Crippen LogP contribution >= 0.6 is 7.82 Å². The number of phosphoric ester groups is 1. The van der Waals surface area contributed by atoms with E-state index in [4.69, 9.17) is 13.6 Å². The minimum Gasteiger partial charge on any atom is -0.395 e. The molecule has 0 aliphatic carbocycles. The van der Waals surface area contributed by atoms with Crippen molar-refractivity contribution in [2.24, 2.45) is 0 Å². The average Bonchev–Trinajstić information content (AvgIpc) is 2.48. The van der Waals surface area contributed by atoms with Gasteiger partial charge in [0.25, 0.3) is 5.69 Å². The first-order valence-corrected chi connectivity index (χ1v) is 7.33. The zero-order chi connectivity index (χ0) is 15.3. The van der Waals surface area contributed by atoms with Crippen LogP contribution in [-0.2, 0) is 9.09 Å². The van der Waals surface area contributed by atoms with Crippen LogP contribution in [0.1, 0.15) is 0 Å². The molecule has 0 radical (unpaired) electrons. The molecule has 0 unspecified atom stereocenters. The van der Waals surface area contributed by atoms with Gasteiger partial charge < -0.3 is 9.05 Å². The van der Waals surface area contributed by atoms with E-state index in [1.807, 2.05) is 0 Å². The lowest BCUT2D eigenvalue weighted by Crippen LogP contribution is -2.02. The highest BCUT2D eigenvalue weighted by Gasteiger charge is 2.29. The Hall–Kier alpha value is -2.37. The Morgan fingerprint density at radius 2 is 1.48 bits per heavy atom. The molecule has 2 rings (SSSR count). The van der Waals surface area contributed by atoms with Gasteiger partial charge in [0, 0.05) is 19.2 Å². The van der Waals surface area contributed by atoms with E-state index in [2.05, 4.69) is 0 Å². The van der Waals surface area contributed by atoms with E-state index in [-0.39, 0.29) is 11.4 Å². The van der Waals surface area contributed by atoms with Gasteiger partial charge in [-0.3, -0.25) is 14.6 Å². The summed E-state index contributed by atoms with van der Waals surface area (Å²) in [6.07, 6.45) is 0. The number of nitro groups is 1. The normalized spacial score (nSPS) is 13.2. The van der Waals surface area contributed by atoms with Gasteiger partial charge in [-0.1, -0.05) is 18.2 Å². The molecule has 21 heavy (non-hydrogen) atoms. The molecule has 0 saturated carbocycles. The zero-order valence-corrected chi connectivity index (χ0v) is 11.9. The maximum Gasteiger partial charge on any atom is 0.587 e. The molecule has 0 aliphatic heterocycles. The molecule has 0 fully saturated rings. The summed E-state index contributed by atoms with van der Waals surface area (Å²) in [5, 5.41) is 10.6. The molecule has 8 heteroatoms. The standard InChI is InChI=1S/C13H12NO6P/c1-18-21(17,19-12-5-3-2-4-6-12)20-13-9-7-11(8-10-13)14(15)16/h2-10H,1H3/t21-/m1/s1. The number of nitro benzene ring substituents is 1. The van der Waals surface area contributed by atoms with Crippen LogP contribution in [0.5, 0.6) is 11.5 Å². The molecule has 0 aliphatic rings. The lowest BCUT2D eigenvalue weighted by atomic mass is 10.3. The molecular weight excluding hydrogens is 297 g/mol. The number of hydrogen-bond donors (Lipinski definition) is 0. The third kappa shape index (κ3) is 4.05. The summed E-state index contributed by atoms with van der Waals surface area (Å²) in [5.41, 5.74) is -0.0985. The van der Waals surface area contributed by atoms with E-state index in [0.717, 1.165) is 0 Å². The quantitative estimate of drug-likeness (QED) is 0.458. The van der Waals surface area contributed by atoms with Crippen LogP contribution in [0.3, 0.4) is 0 Å². The highest BCUT2D eigenvalue weighted by molar-refractivity contribution is 7.49. The summed E-state index contributed by atoms with van der Waals surface area (Å²) >= 11 is 0. The van der Waals surface area contributed by atoms with Crippen molar-refractivity contribution in [2.75, 3.05) is 7.11 Å². The molecule has 0 spiro atoms. The van der Waals surface area contributed by atoms with E-state index in [1.54, 1.807) is 30.3 Å². The summed E-state index contributed by atoms with van der Waals surface area (Å²) in [5.74, 6) is 0.464. The second-order valence-electron chi connectivity index (χ2n) is 3.88. The van der Waals surface area contributed by atoms with Gasteiger partial charge in [0.05, 0.1) is 4.92 Å². The number of nitrogens with zero attached hydrogens (tertiary/aromatic N) is 1. The Kier molecular flexibility index (Phi) is 4.57. The first-order chi connectivity index (χ1) is 10.0. The maximum absolute atomic E-state index is 12.3. The molecule has 0 saturated heterocycles. The van der Waals surface area contributed by atoms with E-state index in [1.165, 1.54) is 31.4 Å².